The summed E-state index contributed by atoms with van der Waals surface area (Å²) in [5.41, 5.74) is 1.39. The van der Waals surface area contributed by atoms with Crippen molar-refractivity contribution in [3.63, 3.8) is 0 Å². The van der Waals surface area contributed by atoms with Gasteiger partial charge in [-0.15, -0.1) is 0 Å². The van der Waals surface area contributed by atoms with Gasteiger partial charge in [-0.2, -0.15) is 9.29 Å². The van der Waals surface area contributed by atoms with Gasteiger partial charge in [0.2, 0.25) is 21.7 Å². The molecule has 1 saturated heterocycles. The Morgan fingerprint density at radius 1 is 1.29 bits per heavy atom. The van der Waals surface area contributed by atoms with E-state index < -0.39 is 10.0 Å². The van der Waals surface area contributed by atoms with E-state index >= 15 is 0 Å². The predicted molar refractivity (Wildman–Crippen MR) is 91.0 cm³/mol. The predicted octanol–water partition coefficient (Wildman–Crippen LogP) is 3.31. The van der Waals surface area contributed by atoms with Gasteiger partial charge in [0, 0.05) is 25.1 Å². The van der Waals surface area contributed by atoms with Crippen LogP contribution in [0.25, 0.3) is 11.4 Å². The topological polar surface area (TPSA) is 76.3 Å². The van der Waals surface area contributed by atoms with Gasteiger partial charge in [-0.05, 0) is 37.8 Å². The van der Waals surface area contributed by atoms with Crippen molar-refractivity contribution in [1.29, 1.82) is 0 Å². The highest BCUT2D eigenvalue weighted by atomic mass is 32.2. The first-order chi connectivity index (χ1) is 11.4. The Bertz CT molecular complexity index is 829. The lowest BCUT2D eigenvalue weighted by Crippen LogP contribution is -2.43. The van der Waals surface area contributed by atoms with Crippen molar-refractivity contribution in [2.24, 2.45) is 0 Å². The summed E-state index contributed by atoms with van der Waals surface area (Å²) in [5.74, 6) is 0.867. The molecule has 1 aliphatic rings. The van der Waals surface area contributed by atoms with Crippen LogP contribution in [-0.4, -0.2) is 35.5 Å². The third kappa shape index (κ3) is 3.10. The minimum atomic E-state index is -3.53. The van der Waals surface area contributed by atoms with Gasteiger partial charge in [0.15, 0.2) is 0 Å². The molecule has 0 radical (unpaired) electrons. The maximum Gasteiger partial charge on any atom is 0.243 e. The number of hydrogen-bond donors (Lipinski definition) is 0. The van der Waals surface area contributed by atoms with Crippen LogP contribution in [0.15, 0.2) is 27.6 Å². The molecule has 0 aliphatic carbocycles. The lowest BCUT2D eigenvalue weighted by atomic mass is 10.0. The van der Waals surface area contributed by atoms with Crippen molar-refractivity contribution in [2.45, 2.75) is 57.4 Å². The van der Waals surface area contributed by atoms with Crippen molar-refractivity contribution in [3.8, 4) is 11.4 Å². The number of hydrogen-bond acceptors (Lipinski definition) is 5. The summed E-state index contributed by atoms with van der Waals surface area (Å²) in [5, 5.41) is 3.89. The van der Waals surface area contributed by atoms with Gasteiger partial charge in [0.25, 0.3) is 0 Å². The molecule has 0 amide bonds. The van der Waals surface area contributed by atoms with Crippen LogP contribution < -0.4 is 0 Å². The zero-order valence-corrected chi connectivity index (χ0v) is 15.1. The molecule has 0 bridgehead atoms. The van der Waals surface area contributed by atoms with Crippen LogP contribution in [0.2, 0.25) is 0 Å². The molecule has 6 nitrogen and oxygen atoms in total. The van der Waals surface area contributed by atoms with Crippen molar-refractivity contribution in [2.75, 3.05) is 6.54 Å². The van der Waals surface area contributed by atoms with Crippen LogP contribution in [0.5, 0.6) is 0 Å². The molecule has 1 unspecified atom stereocenters. The van der Waals surface area contributed by atoms with Crippen LogP contribution in [0.4, 0.5) is 0 Å². The Morgan fingerprint density at radius 2 is 2.08 bits per heavy atom. The third-order valence-corrected chi connectivity index (χ3v) is 6.70. The largest absolute Gasteiger partial charge is 0.339 e. The zero-order valence-electron chi connectivity index (χ0n) is 14.3. The number of benzene rings is 1. The minimum Gasteiger partial charge on any atom is -0.339 e. The van der Waals surface area contributed by atoms with Crippen LogP contribution >= 0.6 is 0 Å². The van der Waals surface area contributed by atoms with Gasteiger partial charge in [-0.25, -0.2) is 8.42 Å². The fraction of sp³-hybridized carbons (Fsp3) is 0.529. The van der Waals surface area contributed by atoms with Crippen molar-refractivity contribution >= 4 is 10.0 Å². The lowest BCUT2D eigenvalue weighted by Gasteiger charge is -2.34. The molecular weight excluding hydrogens is 326 g/mol. The third-order valence-electron chi connectivity index (χ3n) is 4.60. The average Bonchev–Trinajstić information content (AvgIpc) is 3.01. The van der Waals surface area contributed by atoms with E-state index in [1.54, 1.807) is 23.4 Å². The summed E-state index contributed by atoms with van der Waals surface area (Å²) >= 11 is 0. The van der Waals surface area contributed by atoms with Crippen LogP contribution in [-0.2, 0) is 10.0 Å². The fourth-order valence-corrected chi connectivity index (χ4v) is 5.28. The van der Waals surface area contributed by atoms with Gasteiger partial charge in [0.05, 0.1) is 4.90 Å². The summed E-state index contributed by atoms with van der Waals surface area (Å²) in [7, 11) is -3.53. The summed E-state index contributed by atoms with van der Waals surface area (Å²) in [4.78, 5) is 4.53. The van der Waals surface area contributed by atoms with Crippen molar-refractivity contribution < 1.29 is 12.9 Å². The van der Waals surface area contributed by atoms with E-state index in [4.69, 9.17) is 4.52 Å². The summed E-state index contributed by atoms with van der Waals surface area (Å²) in [6.07, 6.45) is 3.77. The van der Waals surface area contributed by atoms with Crippen LogP contribution in [0.3, 0.4) is 0 Å². The molecule has 24 heavy (non-hydrogen) atoms. The summed E-state index contributed by atoms with van der Waals surface area (Å²) in [6, 6.07) is 5.38. The molecule has 1 aliphatic heterocycles. The normalized spacial score (nSPS) is 19.5. The Hall–Kier alpha value is -1.73. The maximum absolute atomic E-state index is 13.2. The second-order valence-electron chi connectivity index (χ2n) is 6.29. The summed E-state index contributed by atoms with van der Waals surface area (Å²) < 4.78 is 33.1. The Labute approximate surface area is 142 Å². The van der Waals surface area contributed by atoms with Crippen LogP contribution in [0, 0.1) is 13.8 Å². The molecular formula is C17H23N3O3S. The molecule has 0 N–H and O–H groups in total. The number of aryl methyl sites for hydroxylation is 2. The van der Waals surface area contributed by atoms with E-state index in [2.05, 4.69) is 10.1 Å². The second-order valence-corrected chi connectivity index (χ2v) is 8.15. The maximum atomic E-state index is 13.2. The SMILES string of the molecule is CCC1CCCCN1S(=O)(=O)c1cc(-c2noc(C)n2)ccc1C. The quantitative estimate of drug-likeness (QED) is 0.846. The molecule has 0 saturated carbocycles. The monoisotopic (exact) mass is 349 g/mol. The average molecular weight is 349 g/mol. The Balaban J connectivity index is 2.04. The summed E-state index contributed by atoms with van der Waals surface area (Å²) in [6.45, 7) is 6.17. The van der Waals surface area contributed by atoms with Crippen molar-refractivity contribution in [1.82, 2.24) is 14.4 Å². The Morgan fingerprint density at radius 3 is 2.75 bits per heavy atom. The number of piperidine rings is 1. The molecule has 130 valence electrons. The molecule has 7 heteroatoms. The van der Waals surface area contributed by atoms with Gasteiger partial charge in [-0.1, -0.05) is 30.6 Å². The number of nitrogens with zero attached hydrogens (tertiary/aromatic N) is 3. The molecule has 0 spiro atoms. The molecule has 1 aromatic heterocycles. The smallest absolute Gasteiger partial charge is 0.243 e. The van der Waals surface area contributed by atoms with E-state index in [-0.39, 0.29) is 6.04 Å². The molecule has 2 aromatic rings. The van der Waals surface area contributed by atoms with E-state index in [1.807, 2.05) is 19.9 Å². The molecule has 3 rings (SSSR count). The fourth-order valence-electron chi connectivity index (χ4n) is 3.26. The second kappa shape index (κ2) is 6.64. The van der Waals surface area contributed by atoms with E-state index in [0.717, 1.165) is 31.2 Å². The molecule has 1 aromatic carbocycles. The number of rotatable bonds is 4. The molecule has 1 atom stereocenters. The molecule has 1 fully saturated rings. The highest BCUT2D eigenvalue weighted by Crippen LogP contribution is 2.30. The van der Waals surface area contributed by atoms with E-state index in [1.165, 1.54) is 0 Å². The van der Waals surface area contributed by atoms with E-state index in [0.29, 0.717) is 28.7 Å². The van der Waals surface area contributed by atoms with Gasteiger partial charge in [-0.3, -0.25) is 0 Å². The zero-order chi connectivity index (χ0) is 17.3. The van der Waals surface area contributed by atoms with Gasteiger partial charge < -0.3 is 4.52 Å². The molecule has 2 heterocycles. The highest BCUT2D eigenvalue weighted by molar-refractivity contribution is 7.89. The van der Waals surface area contributed by atoms with Gasteiger partial charge >= 0.3 is 0 Å². The van der Waals surface area contributed by atoms with Crippen molar-refractivity contribution in [3.05, 3.63) is 29.7 Å². The minimum absolute atomic E-state index is 0.0826. The Kier molecular flexibility index (Phi) is 4.73. The first-order valence-corrected chi connectivity index (χ1v) is 9.80. The van der Waals surface area contributed by atoms with Crippen LogP contribution in [0.1, 0.15) is 44.1 Å². The van der Waals surface area contributed by atoms with E-state index in [9.17, 15) is 8.42 Å². The highest BCUT2D eigenvalue weighted by Gasteiger charge is 2.33. The number of aromatic nitrogens is 2. The standard InChI is InChI=1S/C17H23N3O3S/c1-4-15-7-5-6-10-20(15)24(21,22)16-11-14(9-8-12(16)2)17-18-13(3)23-19-17/h8-9,11,15H,4-7,10H2,1-3H3. The van der Waals surface area contributed by atoms with Gasteiger partial charge in [0.1, 0.15) is 0 Å². The first kappa shape index (κ1) is 17.1. The number of sulfonamides is 1. The first-order valence-electron chi connectivity index (χ1n) is 8.36. The lowest BCUT2D eigenvalue weighted by molar-refractivity contribution is 0.246.